The molecule has 1 rings (SSSR count). The Kier molecular flexibility index (Phi) is 5.09. The maximum atomic E-state index is 6.38. The molecule has 1 aromatic carbocycles. The molecule has 4 heteroatoms. The number of hydrogen-bond acceptors (Lipinski definition) is 3. The predicted molar refractivity (Wildman–Crippen MR) is 71.4 cm³/mol. The molecule has 3 nitrogen and oxygen atoms in total. The number of methoxy groups -OCH3 is 2. The molecule has 17 heavy (non-hydrogen) atoms. The number of aryl methyl sites for hydroxylation is 1. The third-order valence-corrected chi connectivity index (χ3v) is 3.32. The summed E-state index contributed by atoms with van der Waals surface area (Å²) in [5, 5.41) is 0.630. The Morgan fingerprint density at radius 2 is 2.00 bits per heavy atom. The molecule has 0 amide bonds. The summed E-state index contributed by atoms with van der Waals surface area (Å²) in [5.41, 5.74) is 7.79. The molecule has 0 aromatic heterocycles. The number of rotatable bonds is 5. The van der Waals surface area contributed by atoms with E-state index in [1.807, 2.05) is 13.0 Å². The topological polar surface area (TPSA) is 44.5 Å². The molecule has 0 spiro atoms. The van der Waals surface area contributed by atoms with Crippen molar-refractivity contribution in [1.29, 1.82) is 0 Å². The summed E-state index contributed by atoms with van der Waals surface area (Å²) >= 11 is 6.38. The van der Waals surface area contributed by atoms with Crippen LogP contribution in [0.3, 0.4) is 0 Å². The van der Waals surface area contributed by atoms with Crippen LogP contribution in [0.5, 0.6) is 11.5 Å². The lowest BCUT2D eigenvalue weighted by atomic mass is 9.93. The minimum atomic E-state index is 0.312. The van der Waals surface area contributed by atoms with E-state index in [9.17, 15) is 0 Å². The van der Waals surface area contributed by atoms with Crippen molar-refractivity contribution in [1.82, 2.24) is 0 Å². The van der Waals surface area contributed by atoms with Crippen molar-refractivity contribution >= 4 is 11.6 Å². The third-order valence-electron chi connectivity index (χ3n) is 2.95. The fourth-order valence-corrected chi connectivity index (χ4v) is 2.59. The lowest BCUT2D eigenvalue weighted by Gasteiger charge is -2.19. The highest BCUT2D eigenvalue weighted by atomic mass is 35.5. The van der Waals surface area contributed by atoms with Crippen molar-refractivity contribution in [3.8, 4) is 11.5 Å². The van der Waals surface area contributed by atoms with Gasteiger partial charge in [0.15, 0.2) is 11.5 Å². The van der Waals surface area contributed by atoms with Gasteiger partial charge in [0.05, 0.1) is 19.2 Å². The first-order valence-electron chi connectivity index (χ1n) is 5.67. The predicted octanol–water partition coefficient (Wildman–Crippen LogP) is 3.12. The lowest BCUT2D eigenvalue weighted by molar-refractivity contribution is 0.354. The van der Waals surface area contributed by atoms with Crippen molar-refractivity contribution in [3.63, 3.8) is 0 Å². The normalized spacial score (nSPS) is 12.4. The highest BCUT2D eigenvalue weighted by molar-refractivity contribution is 6.33. The van der Waals surface area contributed by atoms with Gasteiger partial charge in [0.2, 0.25) is 0 Å². The average Bonchev–Trinajstić information content (AvgIpc) is 2.28. The molecule has 0 saturated heterocycles. The molecule has 2 N–H and O–H groups in total. The summed E-state index contributed by atoms with van der Waals surface area (Å²) in [6.45, 7) is 4.79. The van der Waals surface area contributed by atoms with Crippen LogP contribution in [0.15, 0.2) is 6.07 Å². The second-order valence-corrected chi connectivity index (χ2v) is 4.51. The van der Waals surface area contributed by atoms with Crippen LogP contribution in [0, 0.1) is 6.92 Å². The molecule has 0 heterocycles. The summed E-state index contributed by atoms with van der Waals surface area (Å²) in [7, 11) is 3.20. The van der Waals surface area contributed by atoms with Gasteiger partial charge in [-0.1, -0.05) is 18.5 Å². The Labute approximate surface area is 108 Å². The molecule has 0 radical (unpaired) electrons. The molecule has 1 atom stereocenters. The number of hydrogen-bond donors (Lipinski definition) is 1. The first-order chi connectivity index (χ1) is 8.06. The Morgan fingerprint density at radius 3 is 2.47 bits per heavy atom. The summed E-state index contributed by atoms with van der Waals surface area (Å²) < 4.78 is 10.6. The van der Waals surface area contributed by atoms with Gasteiger partial charge in [-0.05, 0) is 43.0 Å². The number of benzene rings is 1. The van der Waals surface area contributed by atoms with Crippen LogP contribution in [0.1, 0.15) is 30.4 Å². The van der Waals surface area contributed by atoms with E-state index in [-0.39, 0.29) is 0 Å². The fourth-order valence-electron chi connectivity index (χ4n) is 2.08. The van der Waals surface area contributed by atoms with Gasteiger partial charge in [0.1, 0.15) is 0 Å². The molecule has 0 aliphatic rings. The second kappa shape index (κ2) is 6.12. The van der Waals surface area contributed by atoms with E-state index >= 15 is 0 Å². The van der Waals surface area contributed by atoms with Gasteiger partial charge in [-0.15, -0.1) is 0 Å². The van der Waals surface area contributed by atoms with Crippen LogP contribution in [-0.2, 0) is 0 Å². The van der Waals surface area contributed by atoms with Gasteiger partial charge >= 0.3 is 0 Å². The van der Waals surface area contributed by atoms with Gasteiger partial charge in [-0.25, -0.2) is 0 Å². The SMILES string of the molecule is COc1cc(C)c(C(C)CCN)c(Cl)c1OC. The van der Waals surface area contributed by atoms with Gasteiger partial charge in [0.25, 0.3) is 0 Å². The van der Waals surface area contributed by atoms with Gasteiger partial charge < -0.3 is 15.2 Å². The zero-order valence-electron chi connectivity index (χ0n) is 10.8. The molecule has 0 aliphatic heterocycles. The van der Waals surface area contributed by atoms with Crippen molar-refractivity contribution in [2.24, 2.45) is 5.73 Å². The number of ether oxygens (including phenoxy) is 2. The highest BCUT2D eigenvalue weighted by Crippen LogP contribution is 2.42. The molecule has 1 unspecified atom stereocenters. The van der Waals surface area contributed by atoms with E-state index in [0.717, 1.165) is 17.5 Å². The number of halogens is 1. The van der Waals surface area contributed by atoms with Crippen molar-refractivity contribution in [2.75, 3.05) is 20.8 Å². The fraction of sp³-hybridized carbons (Fsp3) is 0.538. The van der Waals surface area contributed by atoms with E-state index in [2.05, 4.69) is 6.92 Å². The van der Waals surface area contributed by atoms with Crippen LogP contribution < -0.4 is 15.2 Å². The lowest BCUT2D eigenvalue weighted by Crippen LogP contribution is -2.07. The molecular weight excluding hydrogens is 238 g/mol. The quantitative estimate of drug-likeness (QED) is 0.882. The first-order valence-corrected chi connectivity index (χ1v) is 6.05. The molecular formula is C13H20ClNO2. The summed E-state index contributed by atoms with van der Waals surface area (Å²) in [4.78, 5) is 0. The molecule has 1 aromatic rings. The second-order valence-electron chi connectivity index (χ2n) is 4.14. The van der Waals surface area contributed by atoms with Crippen LogP contribution in [0.2, 0.25) is 5.02 Å². The van der Waals surface area contributed by atoms with E-state index in [1.54, 1.807) is 14.2 Å². The van der Waals surface area contributed by atoms with E-state index in [4.69, 9.17) is 26.8 Å². The standard InChI is InChI=1S/C13H20ClNO2/c1-8(5-6-15)11-9(2)7-10(16-3)13(17-4)12(11)14/h7-8H,5-6,15H2,1-4H3. The smallest absolute Gasteiger partial charge is 0.179 e. The van der Waals surface area contributed by atoms with Crippen LogP contribution in [0.25, 0.3) is 0 Å². The zero-order valence-corrected chi connectivity index (χ0v) is 11.6. The Morgan fingerprint density at radius 1 is 1.35 bits per heavy atom. The Balaban J connectivity index is 3.31. The average molecular weight is 258 g/mol. The maximum absolute atomic E-state index is 6.38. The maximum Gasteiger partial charge on any atom is 0.179 e. The molecule has 0 aliphatic carbocycles. The molecule has 0 saturated carbocycles. The minimum Gasteiger partial charge on any atom is -0.493 e. The van der Waals surface area contributed by atoms with Gasteiger partial charge in [-0.2, -0.15) is 0 Å². The third kappa shape index (κ3) is 2.85. The van der Waals surface area contributed by atoms with E-state index in [0.29, 0.717) is 29.0 Å². The number of nitrogens with two attached hydrogens (primary N) is 1. The molecule has 0 fully saturated rings. The van der Waals surface area contributed by atoms with Crippen molar-refractivity contribution in [2.45, 2.75) is 26.2 Å². The summed E-state index contributed by atoms with van der Waals surface area (Å²) in [6, 6.07) is 1.95. The van der Waals surface area contributed by atoms with Crippen LogP contribution >= 0.6 is 11.6 Å². The van der Waals surface area contributed by atoms with E-state index in [1.165, 1.54) is 0 Å². The molecule has 0 bridgehead atoms. The monoisotopic (exact) mass is 257 g/mol. The Bertz CT molecular complexity index is 393. The minimum absolute atomic E-state index is 0.312. The largest absolute Gasteiger partial charge is 0.493 e. The van der Waals surface area contributed by atoms with Gasteiger partial charge in [-0.3, -0.25) is 0 Å². The van der Waals surface area contributed by atoms with Crippen molar-refractivity contribution < 1.29 is 9.47 Å². The zero-order chi connectivity index (χ0) is 13.0. The van der Waals surface area contributed by atoms with Gasteiger partial charge in [0, 0.05) is 0 Å². The van der Waals surface area contributed by atoms with Crippen molar-refractivity contribution in [3.05, 3.63) is 22.2 Å². The van der Waals surface area contributed by atoms with Crippen LogP contribution in [-0.4, -0.2) is 20.8 Å². The summed E-state index contributed by atoms with van der Waals surface area (Å²) in [6.07, 6.45) is 0.899. The first kappa shape index (κ1) is 14.1. The Hall–Kier alpha value is -0.930. The summed E-state index contributed by atoms with van der Waals surface area (Å²) in [5.74, 6) is 1.57. The highest BCUT2D eigenvalue weighted by Gasteiger charge is 2.19. The molecule has 96 valence electrons. The van der Waals surface area contributed by atoms with Crippen LogP contribution in [0.4, 0.5) is 0 Å². The van der Waals surface area contributed by atoms with E-state index < -0.39 is 0 Å².